The van der Waals surface area contributed by atoms with Crippen molar-refractivity contribution in [3.63, 3.8) is 0 Å². The third kappa shape index (κ3) is 3.22. The molecule has 1 aliphatic carbocycles. The predicted molar refractivity (Wildman–Crippen MR) is 105 cm³/mol. The Morgan fingerprint density at radius 3 is 2.86 bits per heavy atom. The maximum absolute atomic E-state index is 10.8. The Labute approximate surface area is 166 Å². The summed E-state index contributed by atoms with van der Waals surface area (Å²) < 4.78 is 12.9. The maximum Gasteiger partial charge on any atom is 0.318 e. The molecule has 4 N–H and O–H groups in total. The number of hydrogen-bond acceptors (Lipinski definition) is 10. The van der Waals surface area contributed by atoms with Crippen molar-refractivity contribution in [3.8, 4) is 6.01 Å². The Balaban J connectivity index is 1.64. The van der Waals surface area contributed by atoms with Gasteiger partial charge in [-0.3, -0.25) is 9.88 Å². The van der Waals surface area contributed by atoms with Crippen molar-refractivity contribution in [3.05, 3.63) is 24.2 Å². The van der Waals surface area contributed by atoms with Gasteiger partial charge in [-0.1, -0.05) is 0 Å². The summed E-state index contributed by atoms with van der Waals surface area (Å²) >= 11 is 0. The first kappa shape index (κ1) is 18.0. The Kier molecular flexibility index (Phi) is 4.42. The summed E-state index contributed by atoms with van der Waals surface area (Å²) in [4.78, 5) is 17.8. The quantitative estimate of drug-likeness (QED) is 0.498. The summed E-state index contributed by atoms with van der Waals surface area (Å²) in [5.41, 5.74) is 2.67. The summed E-state index contributed by atoms with van der Waals surface area (Å²) in [6.45, 7) is 0.317. The number of fused-ring (bicyclic) bond motifs is 4. The third-order valence-electron chi connectivity index (χ3n) is 5.28. The fourth-order valence-corrected chi connectivity index (χ4v) is 3.60. The molecule has 3 atom stereocenters. The molecule has 3 aromatic heterocycles. The van der Waals surface area contributed by atoms with Gasteiger partial charge in [-0.2, -0.15) is 9.97 Å². The van der Waals surface area contributed by atoms with Crippen LogP contribution in [-0.2, 0) is 11.3 Å². The second-order valence-electron chi connectivity index (χ2n) is 7.06. The molecule has 3 aromatic rings. The van der Waals surface area contributed by atoms with Gasteiger partial charge >= 0.3 is 6.01 Å². The van der Waals surface area contributed by atoms with E-state index in [1.54, 1.807) is 10.9 Å². The summed E-state index contributed by atoms with van der Waals surface area (Å²) in [7, 11) is 3.34. The molecule has 5 rings (SSSR count). The van der Waals surface area contributed by atoms with Crippen LogP contribution in [0.25, 0.3) is 11.2 Å². The number of imidazole rings is 1. The van der Waals surface area contributed by atoms with Gasteiger partial charge in [0.05, 0.1) is 31.2 Å². The average molecular weight is 398 g/mol. The van der Waals surface area contributed by atoms with Gasteiger partial charge in [0.25, 0.3) is 0 Å². The van der Waals surface area contributed by atoms with Crippen LogP contribution in [0.5, 0.6) is 6.01 Å². The monoisotopic (exact) mass is 398 g/mol. The number of anilines is 3. The lowest BCUT2D eigenvalue weighted by molar-refractivity contribution is -0.0645. The molecule has 1 saturated carbocycles. The van der Waals surface area contributed by atoms with Crippen molar-refractivity contribution >= 4 is 28.5 Å². The van der Waals surface area contributed by atoms with Gasteiger partial charge in [0.2, 0.25) is 0 Å². The van der Waals surface area contributed by atoms with Crippen LogP contribution in [0.15, 0.2) is 18.5 Å². The first-order valence-electron chi connectivity index (χ1n) is 9.44. The van der Waals surface area contributed by atoms with E-state index in [1.807, 2.05) is 19.2 Å². The van der Waals surface area contributed by atoms with Crippen molar-refractivity contribution in [1.82, 2.24) is 29.8 Å². The second-order valence-corrected chi connectivity index (χ2v) is 7.06. The molecule has 1 unspecified atom stereocenters. The Bertz CT molecular complexity index is 1060. The molecule has 2 aliphatic rings. The first-order valence-corrected chi connectivity index (χ1v) is 9.44. The molecular weight excluding hydrogens is 376 g/mol. The Morgan fingerprint density at radius 2 is 2.10 bits per heavy atom. The van der Waals surface area contributed by atoms with Crippen LogP contribution >= 0.6 is 0 Å². The van der Waals surface area contributed by atoms with E-state index in [0.29, 0.717) is 35.1 Å². The van der Waals surface area contributed by atoms with Gasteiger partial charge in [0, 0.05) is 25.2 Å². The number of nitrogens with one attached hydrogen (secondary N) is 3. The van der Waals surface area contributed by atoms with E-state index in [2.05, 4.69) is 35.9 Å². The summed E-state index contributed by atoms with van der Waals surface area (Å²) in [6, 6.07) is 3.92. The number of aliphatic hydroxyl groups excluding tert-OH is 1. The minimum Gasteiger partial charge on any atom is -0.467 e. The molecule has 0 amide bonds. The molecule has 0 radical (unpaired) electrons. The van der Waals surface area contributed by atoms with Crippen LogP contribution in [0.3, 0.4) is 0 Å². The highest BCUT2D eigenvalue weighted by atomic mass is 16.5. The van der Waals surface area contributed by atoms with Crippen molar-refractivity contribution in [2.45, 2.75) is 37.9 Å². The van der Waals surface area contributed by atoms with Gasteiger partial charge < -0.3 is 25.2 Å². The van der Waals surface area contributed by atoms with E-state index >= 15 is 0 Å². The molecule has 152 valence electrons. The number of rotatable bonds is 2. The summed E-state index contributed by atoms with van der Waals surface area (Å²) in [5.74, 6) is 1.08. The molecule has 11 nitrogen and oxygen atoms in total. The molecule has 1 aliphatic heterocycles. The molecule has 0 spiro atoms. The number of aromatic nitrogens is 5. The van der Waals surface area contributed by atoms with E-state index in [0.717, 1.165) is 18.5 Å². The van der Waals surface area contributed by atoms with Crippen LogP contribution in [0.2, 0.25) is 0 Å². The summed E-state index contributed by atoms with van der Waals surface area (Å²) in [6.07, 6.45) is 2.41. The van der Waals surface area contributed by atoms with E-state index in [-0.39, 0.29) is 18.2 Å². The highest BCUT2D eigenvalue weighted by Gasteiger charge is 2.34. The fraction of sp³-hybridized carbons (Fsp3) is 0.444. The van der Waals surface area contributed by atoms with Crippen molar-refractivity contribution in [2.24, 2.45) is 0 Å². The SMILES string of the molecule is CNc1cc2nc3c1ncn3C(O)N[C@@H]1CC[C@H]1OCc1cc(nc(OC)n1)N2. The van der Waals surface area contributed by atoms with Gasteiger partial charge in [0.15, 0.2) is 12.0 Å². The smallest absolute Gasteiger partial charge is 0.318 e. The molecule has 0 aromatic carbocycles. The topological polar surface area (TPSA) is 131 Å². The number of hydrogen-bond donors (Lipinski definition) is 4. The van der Waals surface area contributed by atoms with Gasteiger partial charge in [-0.15, -0.1) is 0 Å². The Hall–Kier alpha value is -3.02. The molecule has 4 bridgehead atoms. The van der Waals surface area contributed by atoms with E-state index < -0.39 is 6.35 Å². The highest BCUT2D eigenvalue weighted by Crippen LogP contribution is 2.30. The molecule has 11 heteroatoms. The van der Waals surface area contributed by atoms with Crippen molar-refractivity contribution in [2.75, 3.05) is 24.8 Å². The average Bonchev–Trinajstić information content (AvgIpc) is 3.13. The third-order valence-corrected chi connectivity index (χ3v) is 5.28. The zero-order valence-electron chi connectivity index (χ0n) is 16.1. The lowest BCUT2D eigenvalue weighted by Crippen LogP contribution is -2.51. The van der Waals surface area contributed by atoms with Gasteiger partial charge in [0.1, 0.15) is 23.5 Å². The van der Waals surface area contributed by atoms with Crippen LogP contribution in [0.4, 0.5) is 17.3 Å². The lowest BCUT2D eigenvalue weighted by Gasteiger charge is -2.38. The van der Waals surface area contributed by atoms with E-state index in [9.17, 15) is 5.11 Å². The number of ether oxygens (including phenoxy) is 2. The van der Waals surface area contributed by atoms with Crippen LogP contribution in [0.1, 0.15) is 24.9 Å². The van der Waals surface area contributed by atoms with Gasteiger partial charge in [-0.05, 0) is 12.8 Å². The van der Waals surface area contributed by atoms with Crippen molar-refractivity contribution in [1.29, 1.82) is 0 Å². The van der Waals surface area contributed by atoms with Crippen molar-refractivity contribution < 1.29 is 14.6 Å². The maximum atomic E-state index is 10.8. The minimum absolute atomic E-state index is 0.0175. The number of nitrogens with zero attached hydrogens (tertiary/aromatic N) is 5. The number of pyridine rings is 1. The standard InChI is InChI=1S/C18H22N8O3/c1-19-11-6-14-23-13-5-9(21-17(25-13)28-2)7-29-12-4-3-10(12)22-18(27)26-8-20-15(11)16(26)24-14/h5-6,8,10,12,18,22,27H,3-4,7H2,1-2H3,(H2,19,21,23,24,25)/t10-,12-,18?/m1/s1. The molecular formula is C18H22N8O3. The molecule has 29 heavy (non-hydrogen) atoms. The minimum atomic E-state index is -0.971. The van der Waals surface area contributed by atoms with Gasteiger partial charge in [-0.25, -0.2) is 9.97 Å². The summed E-state index contributed by atoms with van der Waals surface area (Å²) in [5, 5.41) is 20.3. The normalized spacial score (nSPS) is 23.6. The van der Waals surface area contributed by atoms with Crippen LogP contribution in [0, 0.1) is 0 Å². The predicted octanol–water partition coefficient (Wildman–Crippen LogP) is 1.11. The number of aliphatic hydroxyl groups is 1. The lowest BCUT2D eigenvalue weighted by atomic mass is 9.89. The van der Waals surface area contributed by atoms with Crippen LogP contribution in [-0.4, -0.2) is 55.9 Å². The Morgan fingerprint density at radius 1 is 1.24 bits per heavy atom. The zero-order valence-corrected chi connectivity index (χ0v) is 16.1. The van der Waals surface area contributed by atoms with E-state index in [1.165, 1.54) is 7.11 Å². The zero-order chi connectivity index (χ0) is 20.0. The largest absolute Gasteiger partial charge is 0.467 e. The number of methoxy groups -OCH3 is 1. The highest BCUT2D eigenvalue weighted by molar-refractivity contribution is 5.88. The molecule has 0 saturated heterocycles. The van der Waals surface area contributed by atoms with Crippen LogP contribution < -0.4 is 20.7 Å². The fourth-order valence-electron chi connectivity index (χ4n) is 3.60. The molecule has 1 fully saturated rings. The molecule has 4 heterocycles. The second kappa shape index (κ2) is 7.10. The first-order chi connectivity index (χ1) is 14.1. The van der Waals surface area contributed by atoms with E-state index in [4.69, 9.17) is 9.47 Å².